The molecule has 0 spiro atoms. The van der Waals surface area contributed by atoms with Crippen LogP contribution in [0.3, 0.4) is 0 Å². The fraction of sp³-hybridized carbons (Fsp3) is 0.636. The Hall–Kier alpha value is -1.17. The Morgan fingerprint density at radius 2 is 2.59 bits per heavy atom. The zero-order valence-corrected chi connectivity index (χ0v) is 10.6. The van der Waals surface area contributed by atoms with Gasteiger partial charge in [-0.3, -0.25) is 4.68 Å². The summed E-state index contributed by atoms with van der Waals surface area (Å²) < 4.78 is 6.56. The lowest BCUT2D eigenvalue weighted by Crippen LogP contribution is -2.21. The number of nitrogens with zero attached hydrogens (tertiary/aromatic N) is 2. The van der Waals surface area contributed by atoms with Crippen LogP contribution in [0.15, 0.2) is 6.20 Å². The first-order valence-corrected chi connectivity index (χ1v) is 6.78. The topological polar surface area (TPSA) is 64.4 Å². The van der Waals surface area contributed by atoms with E-state index in [1.807, 2.05) is 11.8 Å². The highest BCUT2D eigenvalue weighted by atomic mass is 32.2. The Morgan fingerprint density at radius 3 is 3.18 bits per heavy atom. The molecule has 1 unspecified atom stereocenters. The van der Waals surface area contributed by atoms with Crippen LogP contribution in [-0.2, 0) is 6.54 Å². The van der Waals surface area contributed by atoms with Gasteiger partial charge in [0.1, 0.15) is 0 Å². The van der Waals surface area contributed by atoms with Crippen molar-refractivity contribution in [2.75, 3.05) is 18.6 Å². The van der Waals surface area contributed by atoms with Crippen LogP contribution in [0.5, 0.6) is 5.75 Å². The van der Waals surface area contributed by atoms with Crippen molar-refractivity contribution in [2.45, 2.75) is 19.4 Å². The molecule has 1 saturated heterocycles. The Labute approximate surface area is 104 Å². The first kappa shape index (κ1) is 12.3. The minimum atomic E-state index is -0.984. The first-order valence-electron chi connectivity index (χ1n) is 5.63. The molecule has 1 N–H and O–H groups in total. The maximum absolute atomic E-state index is 11.2. The van der Waals surface area contributed by atoms with Crippen molar-refractivity contribution in [1.82, 2.24) is 9.78 Å². The minimum absolute atomic E-state index is 0.156. The average molecular weight is 256 g/mol. The van der Waals surface area contributed by atoms with E-state index < -0.39 is 5.97 Å². The van der Waals surface area contributed by atoms with E-state index in [1.54, 1.807) is 4.68 Å². The molecule has 1 atom stereocenters. The number of carboxylic acid groups (broad SMARTS) is 1. The summed E-state index contributed by atoms with van der Waals surface area (Å²) in [6, 6.07) is 0. The summed E-state index contributed by atoms with van der Waals surface area (Å²) in [4.78, 5) is 11.2. The van der Waals surface area contributed by atoms with Gasteiger partial charge in [0.2, 0.25) is 0 Å². The number of hydrogen-bond acceptors (Lipinski definition) is 4. The lowest BCUT2D eigenvalue weighted by Gasteiger charge is -2.21. The largest absolute Gasteiger partial charge is 0.493 e. The van der Waals surface area contributed by atoms with Crippen LogP contribution in [0.2, 0.25) is 0 Å². The molecule has 1 aliphatic rings. The summed E-state index contributed by atoms with van der Waals surface area (Å²) in [6.07, 6.45) is 3.82. The van der Waals surface area contributed by atoms with Crippen LogP contribution in [-0.4, -0.2) is 39.5 Å². The molecule has 0 aliphatic carbocycles. The van der Waals surface area contributed by atoms with Crippen molar-refractivity contribution in [3.05, 3.63) is 11.9 Å². The summed E-state index contributed by atoms with van der Waals surface area (Å²) in [7, 11) is 1.46. The zero-order chi connectivity index (χ0) is 12.3. The molecule has 0 radical (unpaired) electrons. The molecule has 0 saturated carbocycles. The van der Waals surface area contributed by atoms with Gasteiger partial charge in [-0.25, -0.2) is 4.79 Å². The van der Waals surface area contributed by atoms with Gasteiger partial charge in [0, 0.05) is 6.54 Å². The molecule has 17 heavy (non-hydrogen) atoms. The van der Waals surface area contributed by atoms with Gasteiger partial charge >= 0.3 is 5.97 Å². The van der Waals surface area contributed by atoms with Crippen molar-refractivity contribution in [1.29, 1.82) is 0 Å². The van der Waals surface area contributed by atoms with Gasteiger partial charge in [-0.2, -0.15) is 16.9 Å². The molecule has 0 bridgehead atoms. The van der Waals surface area contributed by atoms with E-state index in [0.29, 0.717) is 18.2 Å². The van der Waals surface area contributed by atoms with E-state index in [2.05, 4.69) is 5.10 Å². The van der Waals surface area contributed by atoms with Gasteiger partial charge in [-0.05, 0) is 30.3 Å². The molecule has 1 fully saturated rings. The van der Waals surface area contributed by atoms with Gasteiger partial charge in [-0.1, -0.05) is 0 Å². The Kier molecular flexibility index (Phi) is 3.93. The van der Waals surface area contributed by atoms with Crippen LogP contribution in [0.1, 0.15) is 23.3 Å². The van der Waals surface area contributed by atoms with E-state index in [1.165, 1.54) is 25.5 Å². The number of methoxy groups -OCH3 is 1. The summed E-state index contributed by atoms with van der Waals surface area (Å²) in [5, 5.41) is 13.3. The number of ether oxygens (including phenoxy) is 1. The molecule has 5 nitrogen and oxygen atoms in total. The predicted molar refractivity (Wildman–Crippen MR) is 65.8 cm³/mol. The molecule has 1 aliphatic heterocycles. The summed E-state index contributed by atoms with van der Waals surface area (Å²) in [6.45, 7) is 0.665. The Bertz CT molecular complexity index is 399. The molecular formula is C11H16N2O3S. The van der Waals surface area contributed by atoms with Crippen molar-refractivity contribution in [3.8, 4) is 5.75 Å². The number of carboxylic acids is 1. The van der Waals surface area contributed by atoms with Crippen LogP contribution >= 0.6 is 11.8 Å². The van der Waals surface area contributed by atoms with Crippen molar-refractivity contribution in [2.24, 2.45) is 5.92 Å². The van der Waals surface area contributed by atoms with E-state index in [4.69, 9.17) is 9.84 Å². The summed E-state index contributed by atoms with van der Waals surface area (Å²) in [5.41, 5.74) is 0.156. The highest BCUT2D eigenvalue weighted by Gasteiger charge is 2.22. The average Bonchev–Trinajstić information content (AvgIpc) is 2.73. The zero-order valence-electron chi connectivity index (χ0n) is 9.76. The minimum Gasteiger partial charge on any atom is -0.493 e. The normalized spacial score (nSPS) is 20.2. The van der Waals surface area contributed by atoms with Crippen LogP contribution in [0, 0.1) is 5.92 Å². The molecule has 2 rings (SSSR count). The van der Waals surface area contributed by atoms with Crippen LogP contribution < -0.4 is 4.74 Å². The van der Waals surface area contributed by atoms with E-state index in [-0.39, 0.29) is 5.69 Å². The van der Waals surface area contributed by atoms with E-state index >= 15 is 0 Å². The third kappa shape index (κ3) is 2.74. The number of rotatable bonds is 4. The molecule has 0 aromatic carbocycles. The van der Waals surface area contributed by atoms with Crippen molar-refractivity contribution >= 4 is 17.7 Å². The third-order valence-corrected chi connectivity index (χ3v) is 4.20. The molecule has 1 aromatic heterocycles. The monoisotopic (exact) mass is 256 g/mol. The lowest BCUT2D eigenvalue weighted by molar-refractivity contribution is 0.0678. The number of aromatic carboxylic acids is 1. The molecule has 0 amide bonds. The number of hydrogen-bond donors (Lipinski definition) is 1. The van der Waals surface area contributed by atoms with Crippen molar-refractivity contribution in [3.63, 3.8) is 0 Å². The second-order valence-corrected chi connectivity index (χ2v) is 5.28. The standard InChI is InChI=1S/C11H16N2O3S/c1-16-9-5-12-13(10(9)11(14)15)6-8-3-2-4-17-7-8/h5,8H,2-4,6-7H2,1H3,(H,14,15). The molecule has 94 valence electrons. The predicted octanol–water partition coefficient (Wildman–Crippen LogP) is 1.73. The van der Waals surface area contributed by atoms with Crippen LogP contribution in [0.25, 0.3) is 0 Å². The fourth-order valence-electron chi connectivity index (χ4n) is 2.07. The van der Waals surface area contributed by atoms with Crippen LogP contribution in [0.4, 0.5) is 0 Å². The van der Waals surface area contributed by atoms with Gasteiger partial charge < -0.3 is 9.84 Å². The lowest BCUT2D eigenvalue weighted by atomic mass is 10.1. The first-order chi connectivity index (χ1) is 8.22. The molecule has 2 heterocycles. The molecule has 6 heteroatoms. The second kappa shape index (κ2) is 5.44. The number of aromatic nitrogens is 2. The van der Waals surface area contributed by atoms with Gasteiger partial charge in [0.05, 0.1) is 13.3 Å². The second-order valence-electron chi connectivity index (χ2n) is 4.13. The van der Waals surface area contributed by atoms with Gasteiger partial charge in [0.25, 0.3) is 0 Å². The van der Waals surface area contributed by atoms with E-state index in [9.17, 15) is 4.79 Å². The number of carbonyl (C=O) groups is 1. The SMILES string of the molecule is COc1cnn(CC2CCCSC2)c1C(=O)O. The highest BCUT2D eigenvalue weighted by Crippen LogP contribution is 2.26. The number of thioether (sulfide) groups is 1. The van der Waals surface area contributed by atoms with Gasteiger partial charge in [-0.15, -0.1) is 0 Å². The Morgan fingerprint density at radius 1 is 1.76 bits per heavy atom. The maximum atomic E-state index is 11.2. The van der Waals surface area contributed by atoms with E-state index in [0.717, 1.165) is 12.2 Å². The summed E-state index contributed by atoms with van der Waals surface area (Å²) in [5.74, 6) is 2.16. The third-order valence-electron chi connectivity index (χ3n) is 2.91. The molecular weight excluding hydrogens is 240 g/mol. The van der Waals surface area contributed by atoms with Gasteiger partial charge in [0.15, 0.2) is 11.4 Å². The van der Waals surface area contributed by atoms with Crippen molar-refractivity contribution < 1.29 is 14.6 Å². The quantitative estimate of drug-likeness (QED) is 0.888. The molecule has 1 aromatic rings. The Balaban J connectivity index is 2.14. The fourth-order valence-corrected chi connectivity index (χ4v) is 3.21. The highest BCUT2D eigenvalue weighted by molar-refractivity contribution is 7.99. The summed E-state index contributed by atoms with van der Waals surface area (Å²) >= 11 is 1.93. The maximum Gasteiger partial charge on any atom is 0.358 e. The smallest absolute Gasteiger partial charge is 0.358 e.